The molecule has 0 radical (unpaired) electrons. The summed E-state index contributed by atoms with van der Waals surface area (Å²) in [5.74, 6) is 1.89. The van der Waals surface area contributed by atoms with Crippen molar-refractivity contribution in [2.24, 2.45) is 0 Å². The lowest BCUT2D eigenvalue weighted by Crippen LogP contribution is -2.05. The first-order chi connectivity index (χ1) is 10.3. The summed E-state index contributed by atoms with van der Waals surface area (Å²) in [6, 6.07) is 12.5. The van der Waals surface area contributed by atoms with Crippen LogP contribution in [0.4, 0.5) is 5.69 Å². The molecule has 0 fully saturated rings. The SMILES string of the molecule is COc1ccc(NCCc2ccc3c(c2)CCO3)cc1Br. The van der Waals surface area contributed by atoms with Crippen molar-refractivity contribution in [3.63, 3.8) is 0 Å². The first-order valence-electron chi connectivity index (χ1n) is 7.08. The molecule has 2 aromatic rings. The molecule has 0 bridgehead atoms. The second-order valence-corrected chi connectivity index (χ2v) is 5.92. The van der Waals surface area contributed by atoms with Crippen LogP contribution in [0.2, 0.25) is 0 Å². The lowest BCUT2D eigenvalue weighted by molar-refractivity contribution is 0.357. The van der Waals surface area contributed by atoms with E-state index in [0.29, 0.717) is 0 Å². The molecule has 1 aliphatic rings. The third-order valence-corrected chi connectivity index (χ3v) is 4.27. The maximum atomic E-state index is 5.53. The van der Waals surface area contributed by atoms with Crippen LogP contribution in [-0.2, 0) is 12.8 Å². The molecule has 0 aliphatic carbocycles. The Morgan fingerprint density at radius 2 is 2.14 bits per heavy atom. The lowest BCUT2D eigenvalue weighted by Gasteiger charge is -2.09. The fourth-order valence-corrected chi connectivity index (χ4v) is 3.06. The zero-order chi connectivity index (χ0) is 14.7. The minimum absolute atomic E-state index is 0.816. The van der Waals surface area contributed by atoms with Crippen LogP contribution < -0.4 is 14.8 Å². The molecule has 21 heavy (non-hydrogen) atoms. The summed E-state index contributed by atoms with van der Waals surface area (Å²) in [6.07, 6.45) is 2.03. The Bertz CT molecular complexity index is 643. The van der Waals surface area contributed by atoms with Crippen LogP contribution in [0, 0.1) is 0 Å². The van der Waals surface area contributed by atoms with Gasteiger partial charge in [-0.05, 0) is 57.7 Å². The molecule has 3 rings (SSSR count). The van der Waals surface area contributed by atoms with E-state index < -0.39 is 0 Å². The Morgan fingerprint density at radius 1 is 1.24 bits per heavy atom. The predicted molar refractivity (Wildman–Crippen MR) is 88.5 cm³/mol. The van der Waals surface area contributed by atoms with Crippen molar-refractivity contribution in [2.75, 3.05) is 25.6 Å². The normalized spacial score (nSPS) is 12.7. The van der Waals surface area contributed by atoms with Gasteiger partial charge in [-0.2, -0.15) is 0 Å². The summed E-state index contributed by atoms with van der Waals surface area (Å²) in [5, 5.41) is 3.44. The van der Waals surface area contributed by atoms with Crippen LogP contribution in [0.5, 0.6) is 11.5 Å². The summed E-state index contributed by atoms with van der Waals surface area (Å²) in [7, 11) is 1.67. The fraction of sp³-hybridized carbons (Fsp3) is 0.294. The van der Waals surface area contributed by atoms with Crippen LogP contribution in [0.3, 0.4) is 0 Å². The van der Waals surface area contributed by atoms with Gasteiger partial charge >= 0.3 is 0 Å². The quantitative estimate of drug-likeness (QED) is 0.884. The highest BCUT2D eigenvalue weighted by atomic mass is 79.9. The standard InChI is InChI=1S/C17H18BrNO2/c1-20-17-5-3-14(11-15(17)18)19-8-6-12-2-4-16-13(10-12)7-9-21-16/h2-5,10-11,19H,6-9H2,1H3. The second-order valence-electron chi connectivity index (χ2n) is 5.07. The summed E-state index contributed by atoms with van der Waals surface area (Å²) < 4.78 is 11.7. The van der Waals surface area contributed by atoms with Gasteiger partial charge in [0.25, 0.3) is 0 Å². The van der Waals surface area contributed by atoms with Crippen LogP contribution >= 0.6 is 15.9 Å². The molecule has 0 spiro atoms. The van der Waals surface area contributed by atoms with Crippen molar-refractivity contribution in [2.45, 2.75) is 12.8 Å². The van der Waals surface area contributed by atoms with E-state index in [1.807, 2.05) is 18.2 Å². The van der Waals surface area contributed by atoms with Crippen molar-refractivity contribution in [3.05, 3.63) is 52.0 Å². The Balaban J connectivity index is 1.57. The maximum absolute atomic E-state index is 5.53. The number of hydrogen-bond donors (Lipinski definition) is 1. The molecular weight excluding hydrogens is 330 g/mol. The number of ether oxygens (including phenoxy) is 2. The number of nitrogens with one attached hydrogen (secondary N) is 1. The molecule has 0 saturated carbocycles. The van der Waals surface area contributed by atoms with Crippen molar-refractivity contribution in [1.82, 2.24) is 0 Å². The summed E-state index contributed by atoms with van der Waals surface area (Å²) in [4.78, 5) is 0. The predicted octanol–water partition coefficient (Wildman–Crippen LogP) is 4.05. The van der Waals surface area contributed by atoms with Gasteiger partial charge in [-0.15, -0.1) is 0 Å². The van der Waals surface area contributed by atoms with Crippen LogP contribution in [0.15, 0.2) is 40.9 Å². The Kier molecular flexibility index (Phi) is 4.34. The molecule has 0 atom stereocenters. The van der Waals surface area contributed by atoms with Gasteiger partial charge in [0.2, 0.25) is 0 Å². The molecule has 0 amide bonds. The van der Waals surface area contributed by atoms with Gasteiger partial charge in [-0.1, -0.05) is 12.1 Å². The first-order valence-corrected chi connectivity index (χ1v) is 7.87. The smallest absolute Gasteiger partial charge is 0.133 e. The van der Waals surface area contributed by atoms with Crippen molar-refractivity contribution < 1.29 is 9.47 Å². The third kappa shape index (κ3) is 3.32. The molecule has 2 aromatic carbocycles. The van der Waals surface area contributed by atoms with E-state index in [1.54, 1.807) is 7.11 Å². The third-order valence-electron chi connectivity index (χ3n) is 3.65. The van der Waals surface area contributed by atoms with E-state index in [2.05, 4.69) is 39.4 Å². The number of fused-ring (bicyclic) bond motifs is 1. The average Bonchev–Trinajstić information content (AvgIpc) is 2.95. The van der Waals surface area contributed by atoms with E-state index in [0.717, 1.165) is 47.7 Å². The molecule has 110 valence electrons. The molecule has 1 aliphatic heterocycles. The fourth-order valence-electron chi connectivity index (χ4n) is 2.52. The van der Waals surface area contributed by atoms with Crippen LogP contribution in [0.25, 0.3) is 0 Å². The minimum Gasteiger partial charge on any atom is -0.496 e. The van der Waals surface area contributed by atoms with Crippen molar-refractivity contribution in [3.8, 4) is 11.5 Å². The highest BCUT2D eigenvalue weighted by Gasteiger charge is 2.11. The van der Waals surface area contributed by atoms with Gasteiger partial charge < -0.3 is 14.8 Å². The number of rotatable bonds is 5. The summed E-state index contributed by atoms with van der Waals surface area (Å²) in [6.45, 7) is 1.72. The number of halogens is 1. The van der Waals surface area contributed by atoms with E-state index in [1.165, 1.54) is 11.1 Å². The van der Waals surface area contributed by atoms with Gasteiger partial charge in [-0.3, -0.25) is 0 Å². The van der Waals surface area contributed by atoms with Crippen LogP contribution in [-0.4, -0.2) is 20.3 Å². The molecular formula is C17H18BrNO2. The van der Waals surface area contributed by atoms with E-state index in [9.17, 15) is 0 Å². The molecule has 0 unspecified atom stereocenters. The monoisotopic (exact) mass is 347 g/mol. The largest absolute Gasteiger partial charge is 0.496 e. The first kappa shape index (κ1) is 14.3. The van der Waals surface area contributed by atoms with Gasteiger partial charge in [0.05, 0.1) is 18.2 Å². The zero-order valence-electron chi connectivity index (χ0n) is 12.0. The zero-order valence-corrected chi connectivity index (χ0v) is 13.6. The molecule has 1 N–H and O–H groups in total. The van der Waals surface area contributed by atoms with Crippen LogP contribution in [0.1, 0.15) is 11.1 Å². The van der Waals surface area contributed by atoms with Crippen molar-refractivity contribution >= 4 is 21.6 Å². The number of benzene rings is 2. The molecule has 0 aromatic heterocycles. The number of anilines is 1. The topological polar surface area (TPSA) is 30.5 Å². The molecule has 0 saturated heterocycles. The van der Waals surface area contributed by atoms with E-state index in [4.69, 9.17) is 9.47 Å². The second kappa shape index (κ2) is 6.39. The highest BCUT2D eigenvalue weighted by Crippen LogP contribution is 2.28. The summed E-state index contributed by atoms with van der Waals surface area (Å²) >= 11 is 3.50. The van der Waals surface area contributed by atoms with Crippen molar-refractivity contribution in [1.29, 1.82) is 0 Å². The Hall–Kier alpha value is -1.68. The Labute approximate surface area is 133 Å². The van der Waals surface area contributed by atoms with Gasteiger partial charge in [-0.25, -0.2) is 0 Å². The number of hydrogen-bond acceptors (Lipinski definition) is 3. The van der Waals surface area contributed by atoms with Gasteiger partial charge in [0.1, 0.15) is 11.5 Å². The van der Waals surface area contributed by atoms with E-state index >= 15 is 0 Å². The number of methoxy groups -OCH3 is 1. The van der Waals surface area contributed by atoms with E-state index in [-0.39, 0.29) is 0 Å². The average molecular weight is 348 g/mol. The molecule has 3 nitrogen and oxygen atoms in total. The molecule has 4 heteroatoms. The minimum atomic E-state index is 0.816. The Morgan fingerprint density at radius 3 is 2.95 bits per heavy atom. The highest BCUT2D eigenvalue weighted by molar-refractivity contribution is 9.10. The summed E-state index contributed by atoms with van der Waals surface area (Å²) in [5.41, 5.74) is 3.77. The maximum Gasteiger partial charge on any atom is 0.133 e. The lowest BCUT2D eigenvalue weighted by atomic mass is 10.1. The molecule has 1 heterocycles. The van der Waals surface area contributed by atoms with Gasteiger partial charge in [0.15, 0.2) is 0 Å². The van der Waals surface area contributed by atoms with Gasteiger partial charge in [0, 0.05) is 18.7 Å².